The number of benzene rings is 1. The number of hydrogen-bond donors (Lipinski definition) is 1. The van der Waals surface area contributed by atoms with Crippen LogP contribution in [-0.4, -0.2) is 6.04 Å². The van der Waals surface area contributed by atoms with Crippen molar-refractivity contribution in [2.24, 2.45) is 11.3 Å². The molecule has 112 valence electrons. The summed E-state index contributed by atoms with van der Waals surface area (Å²) in [4.78, 5) is 0. The Morgan fingerprint density at radius 3 is 2.45 bits per heavy atom. The van der Waals surface area contributed by atoms with Crippen LogP contribution in [0.5, 0.6) is 0 Å². The fraction of sp³-hybridized carbons (Fsp3) is 0.667. The van der Waals surface area contributed by atoms with Gasteiger partial charge in [-0.25, -0.2) is 0 Å². The van der Waals surface area contributed by atoms with Crippen LogP contribution in [0, 0.1) is 18.3 Å². The third kappa shape index (κ3) is 3.58. The Labute approximate surface area is 132 Å². The lowest BCUT2D eigenvalue weighted by molar-refractivity contribution is 0.147. The second kappa shape index (κ2) is 6.51. The summed E-state index contributed by atoms with van der Waals surface area (Å²) in [6.07, 6.45) is 6.62. The highest BCUT2D eigenvalue weighted by atomic mass is 79.9. The van der Waals surface area contributed by atoms with Crippen LogP contribution in [0.4, 0.5) is 5.69 Å². The molecule has 0 spiro atoms. The van der Waals surface area contributed by atoms with E-state index < -0.39 is 0 Å². The van der Waals surface area contributed by atoms with Crippen molar-refractivity contribution in [3.63, 3.8) is 0 Å². The van der Waals surface area contributed by atoms with Crippen molar-refractivity contribution in [1.82, 2.24) is 0 Å². The molecule has 1 aromatic carbocycles. The van der Waals surface area contributed by atoms with Gasteiger partial charge in [-0.05, 0) is 71.5 Å². The molecule has 1 nitrogen and oxygen atoms in total. The first-order valence-electron chi connectivity index (χ1n) is 7.95. The van der Waals surface area contributed by atoms with E-state index in [0.717, 1.165) is 5.92 Å². The van der Waals surface area contributed by atoms with Crippen LogP contribution in [0.15, 0.2) is 22.7 Å². The predicted octanol–water partition coefficient (Wildman–Crippen LogP) is 6.16. The molecule has 2 heteroatoms. The first-order valence-corrected chi connectivity index (χ1v) is 8.75. The van der Waals surface area contributed by atoms with Gasteiger partial charge in [0.05, 0.1) is 0 Å². The average Bonchev–Trinajstić information content (AvgIpc) is 2.44. The Morgan fingerprint density at radius 1 is 1.20 bits per heavy atom. The molecule has 1 aliphatic rings. The van der Waals surface area contributed by atoms with Gasteiger partial charge in [0.2, 0.25) is 0 Å². The third-order valence-corrected chi connectivity index (χ3v) is 6.35. The predicted molar refractivity (Wildman–Crippen MR) is 92.3 cm³/mol. The maximum absolute atomic E-state index is 3.73. The van der Waals surface area contributed by atoms with Crippen molar-refractivity contribution >= 4 is 21.6 Å². The molecule has 0 unspecified atom stereocenters. The van der Waals surface area contributed by atoms with Crippen LogP contribution >= 0.6 is 15.9 Å². The van der Waals surface area contributed by atoms with Crippen LogP contribution in [0.1, 0.15) is 58.4 Å². The fourth-order valence-corrected chi connectivity index (χ4v) is 3.67. The van der Waals surface area contributed by atoms with E-state index in [1.165, 1.54) is 47.8 Å². The van der Waals surface area contributed by atoms with Gasteiger partial charge in [0.15, 0.2) is 0 Å². The molecule has 0 saturated heterocycles. The average molecular weight is 338 g/mol. The summed E-state index contributed by atoms with van der Waals surface area (Å²) < 4.78 is 1.22. The van der Waals surface area contributed by atoms with Gasteiger partial charge in [0.1, 0.15) is 0 Å². The van der Waals surface area contributed by atoms with E-state index in [0.29, 0.717) is 11.5 Å². The molecule has 0 radical (unpaired) electrons. The summed E-state index contributed by atoms with van der Waals surface area (Å²) in [7, 11) is 0. The van der Waals surface area contributed by atoms with Crippen molar-refractivity contribution in [2.45, 2.75) is 65.8 Å². The lowest BCUT2D eigenvalue weighted by Gasteiger charge is -2.39. The highest BCUT2D eigenvalue weighted by molar-refractivity contribution is 9.10. The molecule has 1 aromatic rings. The molecule has 0 atom stereocenters. The van der Waals surface area contributed by atoms with Crippen molar-refractivity contribution in [3.05, 3.63) is 28.2 Å². The molecule has 0 bridgehead atoms. The summed E-state index contributed by atoms with van der Waals surface area (Å²) in [5, 5.41) is 3.73. The number of nitrogens with one attached hydrogen (secondary N) is 1. The molecular weight excluding hydrogens is 310 g/mol. The van der Waals surface area contributed by atoms with E-state index in [2.05, 4.69) is 67.1 Å². The van der Waals surface area contributed by atoms with Gasteiger partial charge in [-0.1, -0.05) is 39.3 Å². The van der Waals surface area contributed by atoms with Crippen molar-refractivity contribution in [2.75, 3.05) is 5.32 Å². The van der Waals surface area contributed by atoms with E-state index in [9.17, 15) is 0 Å². The molecule has 1 fully saturated rings. The van der Waals surface area contributed by atoms with Crippen molar-refractivity contribution in [1.29, 1.82) is 0 Å². The Hall–Kier alpha value is -0.500. The minimum Gasteiger partial charge on any atom is -0.381 e. The maximum Gasteiger partial charge on any atom is 0.0489 e. The highest BCUT2D eigenvalue weighted by Crippen LogP contribution is 2.41. The molecule has 1 aliphatic carbocycles. The van der Waals surface area contributed by atoms with Gasteiger partial charge in [-0.15, -0.1) is 0 Å². The van der Waals surface area contributed by atoms with Gasteiger partial charge < -0.3 is 5.32 Å². The first kappa shape index (κ1) is 15.9. The van der Waals surface area contributed by atoms with Crippen molar-refractivity contribution < 1.29 is 0 Å². The second-order valence-electron chi connectivity index (χ2n) is 6.97. The normalized spacial score (nSPS) is 23.6. The zero-order valence-electron chi connectivity index (χ0n) is 13.3. The lowest BCUT2D eigenvalue weighted by Crippen LogP contribution is -2.32. The smallest absolute Gasteiger partial charge is 0.0489 e. The van der Waals surface area contributed by atoms with Crippen LogP contribution in [-0.2, 0) is 0 Å². The molecule has 20 heavy (non-hydrogen) atoms. The molecule has 0 aliphatic heterocycles. The van der Waals surface area contributed by atoms with Gasteiger partial charge in [-0.3, -0.25) is 0 Å². The lowest BCUT2D eigenvalue weighted by atomic mass is 9.69. The number of halogens is 1. The summed E-state index contributed by atoms with van der Waals surface area (Å²) >= 11 is 3.70. The van der Waals surface area contributed by atoms with Crippen LogP contribution in [0.2, 0.25) is 0 Å². The van der Waals surface area contributed by atoms with Gasteiger partial charge in [0, 0.05) is 16.2 Å². The topological polar surface area (TPSA) is 12.0 Å². The largest absolute Gasteiger partial charge is 0.381 e. The summed E-state index contributed by atoms with van der Waals surface area (Å²) in [6.45, 7) is 9.34. The number of anilines is 1. The SMILES string of the molecule is CCC(C)(C)C1CCC(Nc2cccc(C)c2Br)CC1. The van der Waals surface area contributed by atoms with E-state index in [1.807, 2.05) is 0 Å². The van der Waals surface area contributed by atoms with E-state index in [4.69, 9.17) is 0 Å². The summed E-state index contributed by atoms with van der Waals surface area (Å²) in [5.74, 6) is 0.895. The zero-order valence-corrected chi connectivity index (χ0v) is 14.9. The Morgan fingerprint density at radius 2 is 1.85 bits per heavy atom. The first-order chi connectivity index (χ1) is 9.44. The van der Waals surface area contributed by atoms with Crippen LogP contribution in [0.25, 0.3) is 0 Å². The summed E-state index contributed by atoms with van der Waals surface area (Å²) in [6, 6.07) is 7.10. The maximum atomic E-state index is 3.73. The highest BCUT2D eigenvalue weighted by Gasteiger charge is 2.31. The molecule has 0 aromatic heterocycles. The third-order valence-electron chi connectivity index (χ3n) is 5.30. The van der Waals surface area contributed by atoms with E-state index in [1.54, 1.807) is 0 Å². The Balaban J connectivity index is 1.93. The standard InChI is InChI=1S/C18H28BrN/c1-5-18(3,4)14-9-11-15(12-10-14)20-16-8-6-7-13(2)17(16)19/h6-8,14-15,20H,5,9-12H2,1-4H3. The van der Waals surface area contributed by atoms with E-state index in [-0.39, 0.29) is 0 Å². The quantitative estimate of drug-likeness (QED) is 0.693. The Kier molecular flexibility index (Phi) is 5.17. The molecule has 1 N–H and O–H groups in total. The van der Waals surface area contributed by atoms with Gasteiger partial charge in [0.25, 0.3) is 0 Å². The fourth-order valence-electron chi connectivity index (χ4n) is 3.29. The summed E-state index contributed by atoms with van der Waals surface area (Å²) in [5.41, 5.74) is 3.06. The molecule has 2 rings (SSSR count). The molecule has 1 saturated carbocycles. The minimum absolute atomic E-state index is 0.509. The molecule has 0 amide bonds. The number of aryl methyl sites for hydroxylation is 1. The minimum atomic E-state index is 0.509. The molecule has 0 heterocycles. The zero-order chi connectivity index (χ0) is 14.8. The van der Waals surface area contributed by atoms with Crippen molar-refractivity contribution in [3.8, 4) is 0 Å². The molecular formula is C18H28BrN. The van der Waals surface area contributed by atoms with Gasteiger partial charge >= 0.3 is 0 Å². The Bertz CT molecular complexity index is 445. The second-order valence-corrected chi connectivity index (χ2v) is 7.76. The number of hydrogen-bond acceptors (Lipinski definition) is 1. The van der Waals surface area contributed by atoms with Gasteiger partial charge in [-0.2, -0.15) is 0 Å². The van der Waals surface area contributed by atoms with Crippen LogP contribution in [0.3, 0.4) is 0 Å². The van der Waals surface area contributed by atoms with E-state index >= 15 is 0 Å². The monoisotopic (exact) mass is 337 g/mol. The van der Waals surface area contributed by atoms with Crippen LogP contribution < -0.4 is 5.32 Å². The number of rotatable bonds is 4.